The molecule has 0 heterocycles. The molecule has 0 fully saturated rings. The van der Waals surface area contributed by atoms with Gasteiger partial charge in [-0.2, -0.15) is 13.2 Å². The van der Waals surface area contributed by atoms with Crippen LogP contribution in [0.5, 0.6) is 11.5 Å². The summed E-state index contributed by atoms with van der Waals surface area (Å²) in [5, 5.41) is 2.05. The molecular weight excluding hydrogens is 466 g/mol. The average Bonchev–Trinajstić information content (AvgIpc) is 2.84. The van der Waals surface area contributed by atoms with Gasteiger partial charge in [0.2, 0.25) is 0 Å². The van der Waals surface area contributed by atoms with E-state index < -0.39 is 29.3 Å². The molecule has 6 nitrogen and oxygen atoms in total. The maximum atomic E-state index is 14.2. The fourth-order valence-corrected chi connectivity index (χ4v) is 3.37. The first kappa shape index (κ1) is 25.8. The van der Waals surface area contributed by atoms with Gasteiger partial charge in [0, 0.05) is 19.6 Å². The van der Waals surface area contributed by atoms with Crippen molar-refractivity contribution in [3.05, 3.63) is 89.2 Å². The number of rotatable bonds is 9. The molecular formula is C25H25F4N3O3. The van der Waals surface area contributed by atoms with Gasteiger partial charge in [-0.05, 0) is 35.4 Å². The molecule has 0 aliphatic heterocycles. The Bertz CT molecular complexity index is 1140. The summed E-state index contributed by atoms with van der Waals surface area (Å²) < 4.78 is 65.3. The third-order valence-electron chi connectivity index (χ3n) is 5.08. The number of methoxy groups -OCH3 is 1. The second-order valence-corrected chi connectivity index (χ2v) is 7.56. The number of carbonyl (C=O) groups excluding carboxylic acids is 1. The molecule has 3 aromatic rings. The molecule has 3 N–H and O–H groups in total. The number of amides is 2. The second-order valence-electron chi connectivity index (χ2n) is 7.56. The molecule has 0 saturated carbocycles. The Morgan fingerprint density at radius 1 is 1.00 bits per heavy atom. The minimum atomic E-state index is -4.84. The molecule has 35 heavy (non-hydrogen) atoms. The maximum absolute atomic E-state index is 14.2. The minimum Gasteiger partial charge on any atom is -0.493 e. The molecule has 10 heteroatoms. The first-order valence-electron chi connectivity index (χ1n) is 10.7. The quantitative estimate of drug-likeness (QED) is 0.392. The van der Waals surface area contributed by atoms with E-state index in [-0.39, 0.29) is 19.6 Å². The zero-order valence-corrected chi connectivity index (χ0v) is 18.9. The van der Waals surface area contributed by atoms with E-state index in [0.29, 0.717) is 29.7 Å². The predicted octanol–water partition coefficient (Wildman–Crippen LogP) is 5.42. The first-order valence-corrected chi connectivity index (χ1v) is 10.7. The number of carbonyl (C=O) groups is 1. The summed E-state index contributed by atoms with van der Waals surface area (Å²) in [5.41, 5.74) is 4.97. The fourth-order valence-electron chi connectivity index (χ4n) is 3.37. The summed E-state index contributed by atoms with van der Waals surface area (Å²) in [6.07, 6.45) is -4.84. The van der Waals surface area contributed by atoms with E-state index in [1.807, 2.05) is 35.6 Å². The number of para-hydroxylation sites is 1. The number of anilines is 1. The highest BCUT2D eigenvalue weighted by atomic mass is 19.4. The van der Waals surface area contributed by atoms with Gasteiger partial charge >= 0.3 is 12.2 Å². The maximum Gasteiger partial charge on any atom is 0.418 e. The number of nitrogens with zero attached hydrogens (tertiary/aromatic N) is 1. The van der Waals surface area contributed by atoms with Gasteiger partial charge in [-0.15, -0.1) is 0 Å². The van der Waals surface area contributed by atoms with Crippen LogP contribution < -0.4 is 20.5 Å². The number of urea groups is 1. The Morgan fingerprint density at radius 3 is 2.40 bits per heavy atom. The number of benzene rings is 3. The second kappa shape index (κ2) is 11.6. The van der Waals surface area contributed by atoms with Gasteiger partial charge in [0.1, 0.15) is 12.4 Å². The Kier molecular flexibility index (Phi) is 8.53. The van der Waals surface area contributed by atoms with Crippen molar-refractivity contribution in [2.75, 3.05) is 25.5 Å². The van der Waals surface area contributed by atoms with E-state index in [9.17, 15) is 22.4 Å². The number of ether oxygens (including phenoxy) is 2. The van der Waals surface area contributed by atoms with Crippen molar-refractivity contribution in [1.29, 1.82) is 0 Å². The van der Waals surface area contributed by atoms with Crippen LogP contribution in [-0.4, -0.2) is 31.1 Å². The molecule has 186 valence electrons. The summed E-state index contributed by atoms with van der Waals surface area (Å²) in [6, 6.07) is 16.1. The summed E-state index contributed by atoms with van der Waals surface area (Å²) >= 11 is 0. The summed E-state index contributed by atoms with van der Waals surface area (Å²) in [5.74, 6) is -0.293. The van der Waals surface area contributed by atoms with E-state index in [4.69, 9.17) is 15.2 Å². The molecule has 0 atom stereocenters. The molecule has 0 radical (unpaired) electrons. The summed E-state index contributed by atoms with van der Waals surface area (Å²) in [4.78, 5) is 14.0. The van der Waals surface area contributed by atoms with Gasteiger partial charge < -0.3 is 25.4 Å². The lowest BCUT2D eigenvalue weighted by molar-refractivity contribution is -0.137. The van der Waals surface area contributed by atoms with E-state index in [0.717, 1.165) is 17.7 Å². The number of nitrogens with two attached hydrogens (primary N) is 1. The van der Waals surface area contributed by atoms with Crippen molar-refractivity contribution in [1.82, 2.24) is 4.90 Å². The van der Waals surface area contributed by atoms with Crippen LogP contribution in [0.2, 0.25) is 0 Å². The predicted molar refractivity (Wildman–Crippen MR) is 124 cm³/mol. The van der Waals surface area contributed by atoms with Gasteiger partial charge in [-0.1, -0.05) is 42.5 Å². The molecule has 0 unspecified atom stereocenters. The lowest BCUT2D eigenvalue weighted by Gasteiger charge is -2.24. The standard InChI is InChI=1S/C25H25F4N3O3/c1-34-22-14-18(10-11-21(22)35-16-17-6-3-2-4-7-17)15-32(13-12-30)24(33)31-23-19(25(27,28)29)8-5-9-20(23)26/h2-11,14H,12-13,15-16,30H2,1H3,(H,31,33). The smallest absolute Gasteiger partial charge is 0.418 e. The van der Waals surface area contributed by atoms with Crippen molar-refractivity contribution in [3.63, 3.8) is 0 Å². The molecule has 3 rings (SSSR count). The number of nitrogens with one attached hydrogen (secondary N) is 1. The van der Waals surface area contributed by atoms with E-state index in [1.165, 1.54) is 12.0 Å². The van der Waals surface area contributed by atoms with E-state index in [1.54, 1.807) is 18.2 Å². The average molecular weight is 491 g/mol. The third kappa shape index (κ3) is 6.86. The molecule has 0 aliphatic rings. The highest BCUT2D eigenvalue weighted by molar-refractivity contribution is 5.90. The van der Waals surface area contributed by atoms with Crippen LogP contribution in [0, 0.1) is 5.82 Å². The number of hydrogen-bond acceptors (Lipinski definition) is 4. The summed E-state index contributed by atoms with van der Waals surface area (Å²) in [6.45, 7) is 0.388. The number of hydrogen-bond donors (Lipinski definition) is 2. The number of alkyl halides is 3. The zero-order valence-electron chi connectivity index (χ0n) is 18.9. The van der Waals surface area contributed by atoms with Crippen LogP contribution in [0.4, 0.5) is 28.0 Å². The van der Waals surface area contributed by atoms with Crippen molar-refractivity contribution in [2.45, 2.75) is 19.3 Å². The van der Waals surface area contributed by atoms with Gasteiger partial charge in [0.25, 0.3) is 0 Å². The van der Waals surface area contributed by atoms with E-state index in [2.05, 4.69) is 0 Å². The first-order chi connectivity index (χ1) is 16.7. The van der Waals surface area contributed by atoms with E-state index >= 15 is 0 Å². The minimum absolute atomic E-state index is 0.00579. The lowest BCUT2D eigenvalue weighted by Crippen LogP contribution is -2.38. The molecule has 3 aromatic carbocycles. The lowest BCUT2D eigenvalue weighted by atomic mass is 10.1. The Morgan fingerprint density at radius 2 is 1.74 bits per heavy atom. The van der Waals surface area contributed by atoms with Crippen molar-refractivity contribution in [3.8, 4) is 11.5 Å². The normalized spacial score (nSPS) is 11.1. The Labute approximate surface area is 200 Å². The molecule has 0 saturated heterocycles. The monoisotopic (exact) mass is 491 g/mol. The van der Waals surface area contributed by atoms with Gasteiger partial charge in [0.05, 0.1) is 18.4 Å². The van der Waals surface area contributed by atoms with Gasteiger partial charge in [-0.3, -0.25) is 0 Å². The van der Waals surface area contributed by atoms with Gasteiger partial charge in [-0.25, -0.2) is 9.18 Å². The largest absolute Gasteiger partial charge is 0.493 e. The van der Waals surface area contributed by atoms with Crippen LogP contribution in [0.3, 0.4) is 0 Å². The Balaban J connectivity index is 1.76. The molecule has 0 aromatic heterocycles. The SMILES string of the molecule is COc1cc(CN(CCN)C(=O)Nc2c(F)cccc2C(F)(F)F)ccc1OCc1ccccc1. The fraction of sp³-hybridized carbons (Fsp3) is 0.240. The van der Waals surface area contributed by atoms with Crippen molar-refractivity contribution < 1.29 is 31.8 Å². The molecule has 0 spiro atoms. The molecule has 0 aliphatic carbocycles. The highest BCUT2D eigenvalue weighted by Gasteiger charge is 2.35. The third-order valence-corrected chi connectivity index (χ3v) is 5.08. The van der Waals surface area contributed by atoms with Crippen LogP contribution in [0.15, 0.2) is 66.7 Å². The number of halogens is 4. The van der Waals surface area contributed by atoms with Crippen LogP contribution >= 0.6 is 0 Å². The van der Waals surface area contributed by atoms with Gasteiger partial charge in [0.15, 0.2) is 11.5 Å². The molecule has 2 amide bonds. The van der Waals surface area contributed by atoms with Crippen LogP contribution in [-0.2, 0) is 19.3 Å². The topological polar surface area (TPSA) is 76.8 Å². The zero-order chi connectivity index (χ0) is 25.4. The van der Waals surface area contributed by atoms with Crippen LogP contribution in [0.1, 0.15) is 16.7 Å². The van der Waals surface area contributed by atoms with Crippen LogP contribution in [0.25, 0.3) is 0 Å². The summed E-state index contributed by atoms with van der Waals surface area (Å²) in [7, 11) is 1.47. The Hall–Kier alpha value is -3.79. The van der Waals surface area contributed by atoms with Crippen molar-refractivity contribution >= 4 is 11.7 Å². The highest BCUT2D eigenvalue weighted by Crippen LogP contribution is 2.36. The molecule has 0 bridgehead atoms. The van der Waals surface area contributed by atoms with Crippen molar-refractivity contribution in [2.24, 2.45) is 5.73 Å².